The van der Waals surface area contributed by atoms with Crippen molar-refractivity contribution in [2.45, 2.75) is 6.54 Å². The molecule has 1 aliphatic rings. The molecule has 0 atom stereocenters. The third kappa shape index (κ3) is 2.90. The smallest absolute Gasteiger partial charge is 0.230 e. The Bertz CT molecular complexity index is 383. The number of nitrogens with zero attached hydrogens (tertiary/aromatic N) is 2. The average Bonchev–Trinajstić information content (AvgIpc) is 2.22. The largest absolute Gasteiger partial charge is 0.298 e. The molecule has 1 aromatic rings. The Kier molecular flexibility index (Phi) is 3.31. The normalized spacial score (nSPS) is 17.5. The topological polar surface area (TPSA) is 46.4 Å². The Labute approximate surface area is 94.3 Å². The Morgan fingerprint density at radius 2 is 2.06 bits per heavy atom. The van der Waals surface area contributed by atoms with Gasteiger partial charge in [0.15, 0.2) is 0 Å². The summed E-state index contributed by atoms with van der Waals surface area (Å²) in [5, 5.41) is 10.1. The maximum absolute atomic E-state index is 10.1. The molecule has 4 heteroatoms. The van der Waals surface area contributed by atoms with Crippen LogP contribution in [0, 0.1) is 16.0 Å². The van der Waals surface area contributed by atoms with Gasteiger partial charge >= 0.3 is 0 Å². The number of hydrogen-bond donors (Lipinski definition) is 0. The summed E-state index contributed by atoms with van der Waals surface area (Å²) in [6, 6.07) is 10.3. The molecule has 0 aromatic heterocycles. The van der Waals surface area contributed by atoms with Gasteiger partial charge in [0.1, 0.15) is 0 Å². The number of rotatable bonds is 4. The van der Waals surface area contributed by atoms with Crippen LogP contribution in [0.25, 0.3) is 0 Å². The molecule has 0 aliphatic carbocycles. The van der Waals surface area contributed by atoms with E-state index in [1.165, 1.54) is 5.56 Å². The van der Waals surface area contributed by atoms with Gasteiger partial charge in [-0.25, -0.2) is 0 Å². The molecule has 16 heavy (non-hydrogen) atoms. The Hall–Kier alpha value is -1.68. The molecule has 0 radical (unpaired) electrons. The van der Waals surface area contributed by atoms with Crippen LogP contribution >= 0.6 is 0 Å². The van der Waals surface area contributed by atoms with Crippen LogP contribution in [-0.4, -0.2) is 22.9 Å². The van der Waals surface area contributed by atoms with Gasteiger partial charge in [0.25, 0.3) is 0 Å². The summed E-state index contributed by atoms with van der Waals surface area (Å²) in [6.45, 7) is 2.77. The average molecular weight is 218 g/mol. The first-order valence-corrected chi connectivity index (χ1v) is 5.32. The van der Waals surface area contributed by atoms with Crippen molar-refractivity contribution >= 4 is 0 Å². The molecule has 0 unspecified atom stereocenters. The van der Waals surface area contributed by atoms with Gasteiger partial charge in [-0.15, -0.1) is 0 Å². The van der Waals surface area contributed by atoms with E-state index in [-0.39, 0.29) is 0 Å². The third-order valence-corrected chi connectivity index (χ3v) is 2.71. The summed E-state index contributed by atoms with van der Waals surface area (Å²) in [5.41, 5.74) is 1.29. The van der Waals surface area contributed by atoms with Gasteiger partial charge in [-0.3, -0.25) is 15.0 Å². The second kappa shape index (κ2) is 4.90. The van der Waals surface area contributed by atoms with Crippen molar-refractivity contribution in [3.05, 3.63) is 58.3 Å². The summed E-state index contributed by atoms with van der Waals surface area (Å²) in [6.07, 6.45) is 2.73. The first-order valence-electron chi connectivity index (χ1n) is 5.32. The lowest BCUT2D eigenvalue weighted by molar-refractivity contribution is -0.403. The fourth-order valence-electron chi connectivity index (χ4n) is 1.89. The first kappa shape index (κ1) is 10.8. The fraction of sp³-hybridized carbons (Fsp3) is 0.333. The van der Waals surface area contributed by atoms with E-state index in [1.807, 2.05) is 18.2 Å². The maximum atomic E-state index is 10.1. The quantitative estimate of drug-likeness (QED) is 0.573. The molecule has 0 amide bonds. The molecule has 1 heterocycles. The number of benzene rings is 1. The molecule has 1 fully saturated rings. The van der Waals surface area contributed by atoms with Gasteiger partial charge in [0, 0.05) is 25.6 Å². The summed E-state index contributed by atoms with van der Waals surface area (Å²) < 4.78 is 0. The van der Waals surface area contributed by atoms with E-state index in [4.69, 9.17) is 0 Å². The summed E-state index contributed by atoms with van der Waals surface area (Å²) >= 11 is 0. The molecule has 1 aliphatic heterocycles. The zero-order chi connectivity index (χ0) is 11.4. The highest BCUT2D eigenvalue weighted by Crippen LogP contribution is 2.19. The van der Waals surface area contributed by atoms with E-state index < -0.39 is 4.92 Å². The van der Waals surface area contributed by atoms with Gasteiger partial charge in [-0.05, 0) is 11.6 Å². The predicted octanol–water partition coefficient (Wildman–Crippen LogP) is 1.91. The van der Waals surface area contributed by atoms with E-state index >= 15 is 0 Å². The number of hydrogen-bond acceptors (Lipinski definition) is 3. The summed E-state index contributed by atoms with van der Waals surface area (Å²) in [5.74, 6) is 0.342. The monoisotopic (exact) mass is 218 g/mol. The lowest BCUT2D eigenvalue weighted by atomic mass is 9.99. The fourth-order valence-corrected chi connectivity index (χ4v) is 1.89. The van der Waals surface area contributed by atoms with Crippen LogP contribution in [0.15, 0.2) is 42.6 Å². The van der Waals surface area contributed by atoms with Gasteiger partial charge in [0.2, 0.25) is 6.20 Å². The lowest BCUT2D eigenvalue weighted by Crippen LogP contribution is -2.44. The van der Waals surface area contributed by atoms with Gasteiger partial charge in [0.05, 0.1) is 4.92 Å². The second-order valence-corrected chi connectivity index (χ2v) is 4.07. The molecule has 84 valence electrons. The molecule has 1 saturated heterocycles. The maximum Gasteiger partial charge on any atom is 0.230 e. The van der Waals surface area contributed by atoms with Crippen LogP contribution in [0.4, 0.5) is 0 Å². The Morgan fingerprint density at radius 1 is 1.38 bits per heavy atom. The van der Waals surface area contributed by atoms with Crippen molar-refractivity contribution in [2.75, 3.05) is 13.1 Å². The predicted molar refractivity (Wildman–Crippen MR) is 61.3 cm³/mol. The van der Waals surface area contributed by atoms with Gasteiger partial charge < -0.3 is 0 Å². The van der Waals surface area contributed by atoms with Crippen LogP contribution in [0.1, 0.15) is 5.56 Å². The molecule has 0 spiro atoms. The van der Waals surface area contributed by atoms with E-state index in [1.54, 1.807) is 6.08 Å². The Morgan fingerprint density at radius 3 is 2.69 bits per heavy atom. The van der Waals surface area contributed by atoms with Crippen LogP contribution in [0.2, 0.25) is 0 Å². The van der Waals surface area contributed by atoms with E-state index in [2.05, 4.69) is 17.0 Å². The minimum atomic E-state index is -0.403. The van der Waals surface area contributed by atoms with Crippen molar-refractivity contribution in [1.29, 1.82) is 0 Å². The SMILES string of the molecule is O=[N+]([O-])/C=C/C1CN(Cc2ccccc2)C1. The number of likely N-dealkylation sites (tertiary alicyclic amines) is 1. The van der Waals surface area contributed by atoms with Gasteiger partial charge in [-0.1, -0.05) is 30.3 Å². The van der Waals surface area contributed by atoms with Gasteiger partial charge in [-0.2, -0.15) is 0 Å². The van der Waals surface area contributed by atoms with Crippen LogP contribution in [-0.2, 0) is 6.54 Å². The second-order valence-electron chi connectivity index (χ2n) is 4.07. The highest BCUT2D eigenvalue weighted by atomic mass is 16.6. The van der Waals surface area contributed by atoms with E-state index in [0.29, 0.717) is 5.92 Å². The van der Waals surface area contributed by atoms with Crippen LogP contribution < -0.4 is 0 Å². The molecular weight excluding hydrogens is 204 g/mol. The lowest BCUT2D eigenvalue weighted by Gasteiger charge is -2.37. The molecule has 4 nitrogen and oxygen atoms in total. The third-order valence-electron chi connectivity index (χ3n) is 2.71. The minimum Gasteiger partial charge on any atom is -0.298 e. The molecular formula is C12H14N2O2. The Balaban J connectivity index is 1.75. The molecule has 0 bridgehead atoms. The zero-order valence-electron chi connectivity index (χ0n) is 8.95. The number of nitro groups is 1. The van der Waals surface area contributed by atoms with Crippen molar-refractivity contribution in [1.82, 2.24) is 4.90 Å². The van der Waals surface area contributed by atoms with Crippen molar-refractivity contribution in [2.24, 2.45) is 5.92 Å². The molecule has 0 N–H and O–H groups in total. The zero-order valence-corrected chi connectivity index (χ0v) is 8.95. The minimum absolute atomic E-state index is 0.342. The van der Waals surface area contributed by atoms with Crippen LogP contribution in [0.3, 0.4) is 0 Å². The molecule has 2 rings (SSSR count). The van der Waals surface area contributed by atoms with Crippen LogP contribution in [0.5, 0.6) is 0 Å². The van der Waals surface area contributed by atoms with Crippen molar-refractivity contribution < 1.29 is 4.92 Å². The highest BCUT2D eigenvalue weighted by molar-refractivity contribution is 5.15. The van der Waals surface area contributed by atoms with E-state index in [9.17, 15) is 10.1 Å². The molecule has 1 aromatic carbocycles. The van der Waals surface area contributed by atoms with E-state index in [0.717, 1.165) is 25.8 Å². The first-order chi connectivity index (χ1) is 7.74. The molecule has 0 saturated carbocycles. The van der Waals surface area contributed by atoms with Crippen molar-refractivity contribution in [3.8, 4) is 0 Å². The van der Waals surface area contributed by atoms with Crippen molar-refractivity contribution in [3.63, 3.8) is 0 Å². The highest BCUT2D eigenvalue weighted by Gasteiger charge is 2.24. The summed E-state index contributed by atoms with van der Waals surface area (Å²) in [7, 11) is 0. The standard InChI is InChI=1S/C12H14N2O2/c15-14(16)7-6-12-9-13(10-12)8-11-4-2-1-3-5-11/h1-7,12H,8-10H2/b7-6+. The summed E-state index contributed by atoms with van der Waals surface area (Å²) in [4.78, 5) is 12.0.